The van der Waals surface area contributed by atoms with E-state index in [1.54, 1.807) is 7.11 Å². The molecule has 0 saturated carbocycles. The molecule has 166 valence electrons. The van der Waals surface area contributed by atoms with Crippen molar-refractivity contribution in [1.29, 1.82) is 0 Å². The van der Waals surface area contributed by atoms with Gasteiger partial charge in [0.1, 0.15) is 11.6 Å². The van der Waals surface area contributed by atoms with Crippen LogP contribution in [0.5, 0.6) is 5.75 Å². The van der Waals surface area contributed by atoms with Crippen LogP contribution in [-0.2, 0) is 11.2 Å². The first kappa shape index (κ1) is 21.5. The van der Waals surface area contributed by atoms with Crippen molar-refractivity contribution in [1.82, 2.24) is 20.1 Å². The smallest absolute Gasteiger partial charge is 0.227 e. The van der Waals surface area contributed by atoms with E-state index >= 15 is 0 Å². The van der Waals surface area contributed by atoms with Gasteiger partial charge >= 0.3 is 0 Å². The Morgan fingerprint density at radius 3 is 2.47 bits per heavy atom. The first-order chi connectivity index (χ1) is 15.5. The Balaban J connectivity index is 1.30. The van der Waals surface area contributed by atoms with Gasteiger partial charge < -0.3 is 19.9 Å². The number of nitrogens with one attached hydrogen (secondary N) is 1. The Morgan fingerprint density at radius 2 is 1.81 bits per heavy atom. The van der Waals surface area contributed by atoms with E-state index in [2.05, 4.69) is 25.4 Å². The molecule has 1 fully saturated rings. The van der Waals surface area contributed by atoms with Gasteiger partial charge in [-0.25, -0.2) is 4.98 Å². The molecule has 0 atom stereocenters. The SMILES string of the molecule is COc1ccc(CC(=O)N2CCN(c3ccc(Nc4cccc(C)n4)nn3)CC2)cc1C. The predicted octanol–water partition coefficient (Wildman–Crippen LogP) is 3.13. The highest BCUT2D eigenvalue weighted by molar-refractivity contribution is 5.79. The minimum atomic E-state index is 0.144. The van der Waals surface area contributed by atoms with E-state index in [1.165, 1.54) is 0 Å². The lowest BCUT2D eigenvalue weighted by Crippen LogP contribution is -2.49. The highest BCUT2D eigenvalue weighted by Crippen LogP contribution is 2.20. The van der Waals surface area contributed by atoms with Crippen molar-refractivity contribution in [3.63, 3.8) is 0 Å². The van der Waals surface area contributed by atoms with Crippen LogP contribution >= 0.6 is 0 Å². The van der Waals surface area contributed by atoms with Crippen LogP contribution in [0.3, 0.4) is 0 Å². The van der Waals surface area contributed by atoms with Gasteiger partial charge in [0.05, 0.1) is 13.5 Å². The summed E-state index contributed by atoms with van der Waals surface area (Å²) >= 11 is 0. The largest absolute Gasteiger partial charge is 0.496 e. The number of pyridine rings is 1. The zero-order chi connectivity index (χ0) is 22.5. The number of ether oxygens (including phenoxy) is 1. The lowest BCUT2D eigenvalue weighted by molar-refractivity contribution is -0.130. The van der Waals surface area contributed by atoms with Crippen molar-refractivity contribution in [2.24, 2.45) is 0 Å². The molecular formula is C24H28N6O2. The van der Waals surface area contributed by atoms with Gasteiger partial charge in [-0.05, 0) is 55.3 Å². The van der Waals surface area contributed by atoms with E-state index in [4.69, 9.17) is 4.74 Å². The number of aromatic nitrogens is 3. The van der Waals surface area contributed by atoms with Gasteiger partial charge in [-0.3, -0.25) is 4.79 Å². The van der Waals surface area contributed by atoms with Crippen LogP contribution in [0.15, 0.2) is 48.5 Å². The zero-order valence-electron chi connectivity index (χ0n) is 18.7. The Hall–Kier alpha value is -3.68. The summed E-state index contributed by atoms with van der Waals surface area (Å²) in [6.07, 6.45) is 0.401. The predicted molar refractivity (Wildman–Crippen MR) is 125 cm³/mol. The Morgan fingerprint density at radius 1 is 1.00 bits per heavy atom. The van der Waals surface area contributed by atoms with Gasteiger partial charge in [-0.15, -0.1) is 10.2 Å². The van der Waals surface area contributed by atoms with Crippen molar-refractivity contribution in [3.8, 4) is 5.75 Å². The number of benzene rings is 1. The molecule has 1 saturated heterocycles. The fourth-order valence-electron chi connectivity index (χ4n) is 3.83. The lowest BCUT2D eigenvalue weighted by atomic mass is 10.1. The highest BCUT2D eigenvalue weighted by atomic mass is 16.5. The standard InChI is InChI=1S/C24H28N6O2/c1-17-15-19(7-8-20(17)32-3)16-24(31)30-13-11-29(12-14-30)23-10-9-22(27-28-23)26-21-6-4-5-18(2)25-21/h4-10,15H,11-14,16H2,1-3H3,(H,25,26,27). The van der Waals surface area contributed by atoms with Crippen molar-refractivity contribution in [2.45, 2.75) is 20.3 Å². The summed E-state index contributed by atoms with van der Waals surface area (Å²) in [7, 11) is 1.66. The first-order valence-electron chi connectivity index (χ1n) is 10.7. The van der Waals surface area contributed by atoms with Crippen LogP contribution in [0.2, 0.25) is 0 Å². The molecule has 8 heteroatoms. The molecule has 1 aliphatic heterocycles. The second kappa shape index (κ2) is 9.64. The molecule has 2 aromatic heterocycles. The monoisotopic (exact) mass is 432 g/mol. The maximum Gasteiger partial charge on any atom is 0.227 e. The van der Waals surface area contributed by atoms with Crippen molar-refractivity contribution >= 4 is 23.4 Å². The molecule has 1 amide bonds. The average molecular weight is 433 g/mol. The summed E-state index contributed by atoms with van der Waals surface area (Å²) < 4.78 is 5.30. The van der Waals surface area contributed by atoms with Gasteiger partial charge in [-0.1, -0.05) is 18.2 Å². The van der Waals surface area contributed by atoms with E-state index < -0.39 is 0 Å². The number of hydrogen-bond acceptors (Lipinski definition) is 7. The quantitative estimate of drug-likeness (QED) is 0.641. The number of methoxy groups -OCH3 is 1. The molecule has 3 aromatic rings. The molecule has 32 heavy (non-hydrogen) atoms. The van der Waals surface area contributed by atoms with Crippen LogP contribution in [-0.4, -0.2) is 59.3 Å². The van der Waals surface area contributed by atoms with Gasteiger partial charge in [0.2, 0.25) is 5.91 Å². The number of aryl methyl sites for hydroxylation is 2. The molecule has 0 spiro atoms. The van der Waals surface area contributed by atoms with E-state index in [1.807, 2.05) is 67.3 Å². The van der Waals surface area contributed by atoms with E-state index in [0.29, 0.717) is 25.3 Å². The van der Waals surface area contributed by atoms with Gasteiger partial charge in [0.15, 0.2) is 11.6 Å². The van der Waals surface area contributed by atoms with Crippen LogP contribution < -0.4 is 15.0 Å². The number of carbonyl (C=O) groups excluding carboxylic acids is 1. The minimum Gasteiger partial charge on any atom is -0.496 e. The fraction of sp³-hybridized carbons (Fsp3) is 0.333. The molecule has 1 aromatic carbocycles. The number of rotatable bonds is 6. The van der Waals surface area contributed by atoms with Gasteiger partial charge in [-0.2, -0.15) is 0 Å². The minimum absolute atomic E-state index is 0.144. The molecule has 3 heterocycles. The molecule has 0 radical (unpaired) electrons. The third kappa shape index (κ3) is 5.14. The second-order valence-corrected chi connectivity index (χ2v) is 7.91. The Kier molecular flexibility index (Phi) is 6.49. The third-order valence-corrected chi connectivity index (χ3v) is 5.57. The van der Waals surface area contributed by atoms with Gasteiger partial charge in [0.25, 0.3) is 0 Å². The maximum absolute atomic E-state index is 12.8. The van der Waals surface area contributed by atoms with Crippen molar-refractivity contribution in [3.05, 3.63) is 65.4 Å². The number of hydrogen-bond donors (Lipinski definition) is 1. The third-order valence-electron chi connectivity index (χ3n) is 5.57. The molecule has 1 aliphatic rings. The lowest BCUT2D eigenvalue weighted by Gasteiger charge is -2.35. The van der Waals surface area contributed by atoms with E-state index in [-0.39, 0.29) is 5.91 Å². The zero-order valence-corrected chi connectivity index (χ0v) is 18.7. The van der Waals surface area contributed by atoms with Gasteiger partial charge in [0, 0.05) is 31.9 Å². The topological polar surface area (TPSA) is 83.5 Å². The second-order valence-electron chi connectivity index (χ2n) is 7.91. The number of amides is 1. The highest BCUT2D eigenvalue weighted by Gasteiger charge is 2.22. The number of nitrogens with zero attached hydrogens (tertiary/aromatic N) is 5. The van der Waals surface area contributed by atoms with E-state index in [9.17, 15) is 4.79 Å². The van der Waals surface area contributed by atoms with Crippen molar-refractivity contribution < 1.29 is 9.53 Å². The molecular weight excluding hydrogens is 404 g/mol. The number of carbonyl (C=O) groups is 1. The van der Waals surface area contributed by atoms with Crippen molar-refractivity contribution in [2.75, 3.05) is 43.5 Å². The Bertz CT molecular complexity index is 1080. The molecule has 0 bridgehead atoms. The summed E-state index contributed by atoms with van der Waals surface area (Å²) in [6.45, 7) is 6.74. The summed E-state index contributed by atoms with van der Waals surface area (Å²) in [6, 6.07) is 15.5. The molecule has 0 aliphatic carbocycles. The molecule has 0 unspecified atom stereocenters. The molecule has 4 rings (SSSR count). The van der Waals surface area contributed by atoms with Crippen LogP contribution in [0.25, 0.3) is 0 Å². The van der Waals surface area contributed by atoms with Crippen LogP contribution in [0.4, 0.5) is 17.5 Å². The summed E-state index contributed by atoms with van der Waals surface area (Å²) in [5.41, 5.74) is 2.99. The van der Waals surface area contributed by atoms with Crippen LogP contribution in [0.1, 0.15) is 16.8 Å². The molecule has 8 nitrogen and oxygen atoms in total. The summed E-state index contributed by atoms with van der Waals surface area (Å²) in [5.74, 6) is 3.19. The van der Waals surface area contributed by atoms with Crippen LogP contribution in [0, 0.1) is 13.8 Å². The average Bonchev–Trinajstić information content (AvgIpc) is 2.80. The number of anilines is 3. The fourth-order valence-corrected chi connectivity index (χ4v) is 3.83. The number of piperazine rings is 1. The Labute approximate surface area is 188 Å². The van der Waals surface area contributed by atoms with E-state index in [0.717, 1.165) is 47.3 Å². The summed E-state index contributed by atoms with van der Waals surface area (Å²) in [4.78, 5) is 21.2. The molecule has 1 N–H and O–H groups in total. The summed E-state index contributed by atoms with van der Waals surface area (Å²) in [5, 5.41) is 11.8. The maximum atomic E-state index is 12.8. The first-order valence-corrected chi connectivity index (χ1v) is 10.7. The normalized spacial score (nSPS) is 13.7.